The average molecular weight is 352 g/mol. The molecule has 1 aromatic carbocycles. The Labute approximate surface area is 115 Å². The van der Waals surface area contributed by atoms with Gasteiger partial charge in [-0.15, -0.1) is 0 Å². The lowest BCUT2D eigenvalue weighted by Gasteiger charge is -2.12. The number of halogens is 2. The van der Waals surface area contributed by atoms with Crippen molar-refractivity contribution in [3.63, 3.8) is 0 Å². The number of anilines is 1. The van der Waals surface area contributed by atoms with Crippen molar-refractivity contribution < 1.29 is 4.74 Å². The molecule has 1 aliphatic heterocycles. The molecule has 1 aromatic rings. The predicted molar refractivity (Wildman–Crippen MR) is 76.2 cm³/mol. The first-order valence-electron chi connectivity index (χ1n) is 5.56. The van der Waals surface area contributed by atoms with Crippen LogP contribution < -0.4 is 5.32 Å². The van der Waals surface area contributed by atoms with Crippen LogP contribution in [0.2, 0.25) is 5.02 Å². The largest absolute Gasteiger partial charge is 0.384 e. The third-order valence-electron chi connectivity index (χ3n) is 2.74. The minimum atomic E-state index is 0.456. The van der Waals surface area contributed by atoms with Gasteiger partial charge in [-0.05, 0) is 60.1 Å². The van der Waals surface area contributed by atoms with Gasteiger partial charge in [-0.3, -0.25) is 0 Å². The van der Waals surface area contributed by atoms with E-state index in [-0.39, 0.29) is 0 Å². The van der Waals surface area contributed by atoms with Crippen LogP contribution in [0.25, 0.3) is 0 Å². The molecule has 1 atom stereocenters. The molecule has 0 aromatic heterocycles. The molecule has 1 fully saturated rings. The summed E-state index contributed by atoms with van der Waals surface area (Å²) >= 11 is 8.20. The smallest absolute Gasteiger partial charge is 0.0592 e. The standard InChI is InChI=1S/C12H15ClINO/c13-9-3-4-12(11(14)8-9)15-6-5-10-2-1-7-16-10/h3-4,8,10,15H,1-2,5-7H2. The second-order valence-corrected chi connectivity index (χ2v) is 5.57. The highest BCUT2D eigenvalue weighted by atomic mass is 127. The zero-order valence-electron chi connectivity index (χ0n) is 9.01. The minimum Gasteiger partial charge on any atom is -0.384 e. The fourth-order valence-electron chi connectivity index (χ4n) is 1.87. The van der Waals surface area contributed by atoms with Crippen molar-refractivity contribution in [3.8, 4) is 0 Å². The Morgan fingerprint density at radius 1 is 1.50 bits per heavy atom. The highest BCUT2D eigenvalue weighted by Crippen LogP contribution is 2.22. The zero-order chi connectivity index (χ0) is 11.4. The molecule has 0 radical (unpaired) electrons. The SMILES string of the molecule is Clc1ccc(NCCC2CCCO2)c(I)c1. The molecule has 0 saturated carbocycles. The van der Waals surface area contributed by atoms with Gasteiger partial charge in [0.1, 0.15) is 0 Å². The van der Waals surface area contributed by atoms with E-state index in [0.717, 1.165) is 33.9 Å². The summed E-state index contributed by atoms with van der Waals surface area (Å²) in [6, 6.07) is 5.91. The lowest BCUT2D eigenvalue weighted by Crippen LogP contribution is -2.12. The highest BCUT2D eigenvalue weighted by molar-refractivity contribution is 14.1. The van der Waals surface area contributed by atoms with E-state index in [1.165, 1.54) is 12.8 Å². The van der Waals surface area contributed by atoms with Gasteiger partial charge < -0.3 is 10.1 Å². The normalized spacial score (nSPS) is 20.0. The molecule has 1 saturated heterocycles. The Kier molecular flexibility index (Phi) is 4.73. The number of hydrogen-bond acceptors (Lipinski definition) is 2. The second kappa shape index (κ2) is 6.07. The molecule has 2 rings (SSSR count). The van der Waals surface area contributed by atoms with Gasteiger partial charge >= 0.3 is 0 Å². The lowest BCUT2D eigenvalue weighted by molar-refractivity contribution is 0.107. The van der Waals surface area contributed by atoms with Crippen LogP contribution in [0, 0.1) is 3.57 Å². The van der Waals surface area contributed by atoms with Crippen LogP contribution in [-0.2, 0) is 4.74 Å². The second-order valence-electron chi connectivity index (χ2n) is 3.97. The molecule has 2 nitrogen and oxygen atoms in total. The van der Waals surface area contributed by atoms with Crippen LogP contribution in [0.15, 0.2) is 18.2 Å². The molecular formula is C12H15ClINO. The van der Waals surface area contributed by atoms with Crippen LogP contribution in [-0.4, -0.2) is 19.3 Å². The minimum absolute atomic E-state index is 0.456. The molecule has 16 heavy (non-hydrogen) atoms. The van der Waals surface area contributed by atoms with E-state index in [2.05, 4.69) is 27.9 Å². The maximum atomic E-state index is 5.90. The van der Waals surface area contributed by atoms with Crippen molar-refractivity contribution >= 4 is 39.9 Å². The molecule has 1 heterocycles. The maximum absolute atomic E-state index is 5.90. The van der Waals surface area contributed by atoms with Gasteiger partial charge in [0.25, 0.3) is 0 Å². The summed E-state index contributed by atoms with van der Waals surface area (Å²) in [5, 5.41) is 4.21. The number of ether oxygens (including phenoxy) is 1. The lowest BCUT2D eigenvalue weighted by atomic mass is 10.2. The average Bonchev–Trinajstić information content (AvgIpc) is 2.74. The fourth-order valence-corrected chi connectivity index (χ4v) is 2.93. The zero-order valence-corrected chi connectivity index (χ0v) is 11.9. The number of rotatable bonds is 4. The van der Waals surface area contributed by atoms with Crippen molar-refractivity contribution in [2.75, 3.05) is 18.5 Å². The van der Waals surface area contributed by atoms with Crippen molar-refractivity contribution in [1.82, 2.24) is 0 Å². The van der Waals surface area contributed by atoms with Crippen LogP contribution in [0.1, 0.15) is 19.3 Å². The van der Waals surface area contributed by atoms with Gasteiger partial charge in [0.2, 0.25) is 0 Å². The molecule has 0 aliphatic carbocycles. The third-order valence-corrected chi connectivity index (χ3v) is 3.86. The Bertz CT molecular complexity index is 353. The molecule has 88 valence electrons. The first kappa shape index (κ1) is 12.5. The van der Waals surface area contributed by atoms with Crippen LogP contribution in [0.4, 0.5) is 5.69 Å². The Morgan fingerprint density at radius 2 is 2.38 bits per heavy atom. The van der Waals surface area contributed by atoms with E-state index in [1.54, 1.807) is 0 Å². The summed E-state index contributed by atoms with van der Waals surface area (Å²) in [4.78, 5) is 0. The van der Waals surface area contributed by atoms with E-state index in [9.17, 15) is 0 Å². The maximum Gasteiger partial charge on any atom is 0.0592 e. The number of benzene rings is 1. The molecule has 1 aliphatic rings. The molecular weight excluding hydrogens is 336 g/mol. The van der Waals surface area contributed by atoms with Crippen molar-refractivity contribution in [3.05, 3.63) is 26.8 Å². The predicted octanol–water partition coefficient (Wildman–Crippen LogP) is 3.93. The Hall–Kier alpha value is -0.000000000000000111. The Morgan fingerprint density at radius 3 is 3.06 bits per heavy atom. The molecule has 0 spiro atoms. The summed E-state index contributed by atoms with van der Waals surface area (Å²) in [6.45, 7) is 1.89. The summed E-state index contributed by atoms with van der Waals surface area (Å²) in [5.74, 6) is 0. The molecule has 1 unspecified atom stereocenters. The number of hydrogen-bond donors (Lipinski definition) is 1. The van der Waals surface area contributed by atoms with Gasteiger partial charge in [-0.25, -0.2) is 0 Å². The molecule has 0 amide bonds. The number of nitrogens with one attached hydrogen (secondary N) is 1. The summed E-state index contributed by atoms with van der Waals surface area (Å²) in [7, 11) is 0. The summed E-state index contributed by atoms with van der Waals surface area (Å²) in [6.07, 6.45) is 3.96. The molecule has 4 heteroatoms. The Balaban J connectivity index is 1.80. The van der Waals surface area contributed by atoms with Crippen LogP contribution in [0.5, 0.6) is 0 Å². The van der Waals surface area contributed by atoms with Gasteiger partial charge in [0.15, 0.2) is 0 Å². The van der Waals surface area contributed by atoms with Crippen LogP contribution >= 0.6 is 34.2 Å². The topological polar surface area (TPSA) is 21.3 Å². The van der Waals surface area contributed by atoms with E-state index in [0.29, 0.717) is 6.10 Å². The van der Waals surface area contributed by atoms with E-state index < -0.39 is 0 Å². The first-order valence-corrected chi connectivity index (χ1v) is 7.02. The third kappa shape index (κ3) is 3.50. The molecule has 1 N–H and O–H groups in total. The van der Waals surface area contributed by atoms with Crippen LogP contribution in [0.3, 0.4) is 0 Å². The van der Waals surface area contributed by atoms with E-state index in [1.807, 2.05) is 18.2 Å². The quantitative estimate of drug-likeness (QED) is 0.830. The van der Waals surface area contributed by atoms with Gasteiger partial charge in [0.05, 0.1) is 6.10 Å². The van der Waals surface area contributed by atoms with E-state index in [4.69, 9.17) is 16.3 Å². The summed E-state index contributed by atoms with van der Waals surface area (Å²) in [5.41, 5.74) is 1.16. The highest BCUT2D eigenvalue weighted by Gasteiger charge is 2.14. The monoisotopic (exact) mass is 351 g/mol. The van der Waals surface area contributed by atoms with Crippen molar-refractivity contribution in [2.45, 2.75) is 25.4 Å². The molecule has 0 bridgehead atoms. The summed E-state index contributed by atoms with van der Waals surface area (Å²) < 4.78 is 6.74. The fraction of sp³-hybridized carbons (Fsp3) is 0.500. The van der Waals surface area contributed by atoms with Crippen molar-refractivity contribution in [2.24, 2.45) is 0 Å². The van der Waals surface area contributed by atoms with E-state index >= 15 is 0 Å². The van der Waals surface area contributed by atoms with Gasteiger partial charge in [0, 0.05) is 27.4 Å². The van der Waals surface area contributed by atoms with Gasteiger partial charge in [-0.1, -0.05) is 11.6 Å². The van der Waals surface area contributed by atoms with Crippen molar-refractivity contribution in [1.29, 1.82) is 0 Å². The van der Waals surface area contributed by atoms with Gasteiger partial charge in [-0.2, -0.15) is 0 Å². The first-order chi connectivity index (χ1) is 7.75.